The summed E-state index contributed by atoms with van der Waals surface area (Å²) in [6.07, 6.45) is 2.17. The van der Waals surface area contributed by atoms with Gasteiger partial charge in [-0.25, -0.2) is 0 Å². The highest BCUT2D eigenvalue weighted by Gasteiger charge is 2.05. The van der Waals surface area contributed by atoms with E-state index in [-0.39, 0.29) is 0 Å². The lowest BCUT2D eigenvalue weighted by Gasteiger charge is -2.08. The van der Waals surface area contributed by atoms with Gasteiger partial charge in [0.15, 0.2) is 0 Å². The van der Waals surface area contributed by atoms with Crippen LogP contribution in [0.25, 0.3) is 11.0 Å². The van der Waals surface area contributed by atoms with Crippen LogP contribution < -0.4 is 0 Å². The Labute approximate surface area is 150 Å². The maximum atomic E-state index is 5.97. The molecule has 3 aromatic rings. The molecule has 0 fully saturated rings. The molecule has 0 aliphatic carbocycles. The average molecular weight is 357 g/mol. The Hall–Kier alpha value is -1.67. The summed E-state index contributed by atoms with van der Waals surface area (Å²) in [6.45, 7) is 0. The van der Waals surface area contributed by atoms with Crippen molar-refractivity contribution in [3.8, 4) is 0 Å². The molecule has 3 aromatic carbocycles. The smallest absolute Gasteiger partial charge is 0.0406 e. The number of benzene rings is 3. The summed E-state index contributed by atoms with van der Waals surface area (Å²) in [5, 5.41) is 1.49. The molecule has 0 amide bonds. The summed E-state index contributed by atoms with van der Waals surface area (Å²) in [4.78, 5) is 2.33. The molecule has 0 heterocycles. The molecule has 0 atom stereocenters. The topological polar surface area (TPSA) is 0 Å². The van der Waals surface area contributed by atoms with E-state index in [0.29, 0.717) is 0 Å². The van der Waals surface area contributed by atoms with Crippen LogP contribution in [0.4, 0.5) is 0 Å². The molecule has 0 bridgehead atoms. The third kappa shape index (κ3) is 4.65. The van der Waals surface area contributed by atoms with Crippen molar-refractivity contribution in [3.63, 3.8) is 0 Å². The molecular formula is C20H14Cl2S. The van der Waals surface area contributed by atoms with E-state index in [0.717, 1.165) is 20.5 Å². The Morgan fingerprint density at radius 2 is 1.26 bits per heavy atom. The van der Waals surface area contributed by atoms with Gasteiger partial charge in [0.25, 0.3) is 0 Å². The highest BCUT2D eigenvalue weighted by Crippen LogP contribution is 2.36. The Balaban J connectivity index is 1.96. The lowest BCUT2D eigenvalue weighted by atomic mass is 10.1. The van der Waals surface area contributed by atoms with Gasteiger partial charge in [-0.05, 0) is 53.6 Å². The zero-order valence-electron chi connectivity index (χ0n) is 12.2. The zero-order chi connectivity index (χ0) is 16.1. The summed E-state index contributed by atoms with van der Waals surface area (Å²) >= 11 is 13.7. The summed E-state index contributed by atoms with van der Waals surface area (Å²) in [5.74, 6) is 0. The number of rotatable bonds is 4. The predicted molar refractivity (Wildman–Crippen MR) is 103 cm³/mol. The van der Waals surface area contributed by atoms with Crippen molar-refractivity contribution in [1.82, 2.24) is 0 Å². The van der Waals surface area contributed by atoms with Crippen molar-refractivity contribution in [3.05, 3.63) is 100 Å². The van der Waals surface area contributed by atoms with Gasteiger partial charge < -0.3 is 0 Å². The zero-order valence-corrected chi connectivity index (χ0v) is 14.6. The Kier molecular flexibility index (Phi) is 5.45. The summed E-state index contributed by atoms with van der Waals surface area (Å²) in [7, 11) is 0. The van der Waals surface area contributed by atoms with Crippen LogP contribution in [0.5, 0.6) is 0 Å². The van der Waals surface area contributed by atoms with Gasteiger partial charge in [-0.15, -0.1) is 0 Å². The molecule has 0 nitrogen and oxygen atoms in total. The van der Waals surface area contributed by atoms with E-state index >= 15 is 0 Å². The molecule has 114 valence electrons. The second kappa shape index (κ2) is 7.74. The molecule has 23 heavy (non-hydrogen) atoms. The van der Waals surface area contributed by atoms with Crippen LogP contribution in [0.2, 0.25) is 10.0 Å². The van der Waals surface area contributed by atoms with E-state index < -0.39 is 0 Å². The highest BCUT2D eigenvalue weighted by atomic mass is 35.5. The van der Waals surface area contributed by atoms with E-state index in [1.165, 1.54) is 10.5 Å². The fourth-order valence-corrected chi connectivity index (χ4v) is 3.34. The van der Waals surface area contributed by atoms with Crippen molar-refractivity contribution >= 4 is 45.9 Å². The van der Waals surface area contributed by atoms with Gasteiger partial charge in [-0.2, -0.15) is 0 Å². The van der Waals surface area contributed by atoms with Gasteiger partial charge in [0, 0.05) is 19.8 Å². The first-order valence-corrected chi connectivity index (χ1v) is 8.74. The SMILES string of the molecule is Clc1ccc(/C=C(\Sc2ccc(Cl)cc2)c2ccccc2)cc1. The van der Waals surface area contributed by atoms with Gasteiger partial charge in [-0.3, -0.25) is 0 Å². The Bertz CT molecular complexity index is 791. The second-order valence-corrected chi connectivity index (χ2v) is 6.97. The molecular weight excluding hydrogens is 343 g/mol. The maximum absolute atomic E-state index is 5.97. The van der Waals surface area contributed by atoms with Gasteiger partial charge >= 0.3 is 0 Å². The van der Waals surface area contributed by atoms with Crippen LogP contribution in [-0.4, -0.2) is 0 Å². The molecule has 0 aromatic heterocycles. The lowest BCUT2D eigenvalue weighted by molar-refractivity contribution is 1.47. The standard InChI is InChI=1S/C20H14Cl2S/c21-17-8-6-15(7-9-17)14-20(16-4-2-1-3-5-16)23-19-12-10-18(22)11-13-19/h1-14H/b20-14-. The minimum absolute atomic E-state index is 0.744. The molecule has 0 radical (unpaired) electrons. The molecule has 0 saturated carbocycles. The molecule has 3 rings (SSSR count). The van der Waals surface area contributed by atoms with Crippen molar-refractivity contribution in [2.75, 3.05) is 0 Å². The average Bonchev–Trinajstić information content (AvgIpc) is 2.59. The third-order valence-corrected chi connectivity index (χ3v) is 4.85. The van der Waals surface area contributed by atoms with Crippen LogP contribution in [0.15, 0.2) is 83.8 Å². The third-order valence-electron chi connectivity index (χ3n) is 3.27. The minimum Gasteiger partial charge on any atom is -0.0894 e. The quantitative estimate of drug-likeness (QED) is 0.349. The predicted octanol–water partition coefficient (Wildman–Crippen LogP) is 7.28. The fraction of sp³-hybridized carbons (Fsp3) is 0. The van der Waals surface area contributed by atoms with E-state index in [2.05, 4.69) is 18.2 Å². The lowest BCUT2D eigenvalue weighted by Crippen LogP contribution is -1.82. The van der Waals surface area contributed by atoms with Gasteiger partial charge in [0.2, 0.25) is 0 Å². The normalized spacial score (nSPS) is 11.5. The molecule has 0 N–H and O–H groups in total. The van der Waals surface area contributed by atoms with E-state index in [9.17, 15) is 0 Å². The molecule has 0 saturated heterocycles. The number of halogens is 2. The summed E-state index contributed by atoms with van der Waals surface area (Å²) in [5.41, 5.74) is 2.30. The Morgan fingerprint density at radius 1 is 0.696 bits per heavy atom. The van der Waals surface area contributed by atoms with Crippen molar-refractivity contribution < 1.29 is 0 Å². The first-order valence-electron chi connectivity index (χ1n) is 7.17. The highest BCUT2D eigenvalue weighted by molar-refractivity contribution is 8.08. The van der Waals surface area contributed by atoms with Crippen molar-refractivity contribution in [2.24, 2.45) is 0 Å². The first kappa shape index (κ1) is 16.2. The van der Waals surface area contributed by atoms with Crippen LogP contribution in [0, 0.1) is 0 Å². The molecule has 0 spiro atoms. The van der Waals surface area contributed by atoms with Crippen molar-refractivity contribution in [1.29, 1.82) is 0 Å². The van der Waals surface area contributed by atoms with Gasteiger partial charge in [0.05, 0.1) is 0 Å². The molecule has 0 aliphatic heterocycles. The maximum Gasteiger partial charge on any atom is 0.0406 e. The van der Waals surface area contributed by atoms with Crippen LogP contribution in [0.3, 0.4) is 0 Å². The first-order chi connectivity index (χ1) is 11.2. The minimum atomic E-state index is 0.744. The van der Waals surface area contributed by atoms with Crippen LogP contribution in [0.1, 0.15) is 11.1 Å². The number of hydrogen-bond donors (Lipinski definition) is 0. The van der Waals surface area contributed by atoms with Gasteiger partial charge in [0.1, 0.15) is 0 Å². The second-order valence-electron chi connectivity index (χ2n) is 4.98. The van der Waals surface area contributed by atoms with E-state index in [1.54, 1.807) is 11.8 Å². The van der Waals surface area contributed by atoms with Crippen LogP contribution >= 0.6 is 35.0 Å². The summed E-state index contributed by atoms with van der Waals surface area (Å²) in [6, 6.07) is 26.1. The number of hydrogen-bond acceptors (Lipinski definition) is 1. The Morgan fingerprint density at radius 3 is 1.87 bits per heavy atom. The van der Waals surface area contributed by atoms with E-state index in [1.807, 2.05) is 66.7 Å². The number of thioether (sulfide) groups is 1. The molecule has 0 aliphatic rings. The summed E-state index contributed by atoms with van der Waals surface area (Å²) < 4.78 is 0. The van der Waals surface area contributed by atoms with Crippen LogP contribution in [-0.2, 0) is 0 Å². The molecule has 3 heteroatoms. The monoisotopic (exact) mass is 356 g/mol. The van der Waals surface area contributed by atoms with Gasteiger partial charge in [-0.1, -0.05) is 77.4 Å². The fourth-order valence-electron chi connectivity index (χ4n) is 2.11. The largest absolute Gasteiger partial charge is 0.0894 e. The molecule has 0 unspecified atom stereocenters. The van der Waals surface area contributed by atoms with E-state index in [4.69, 9.17) is 23.2 Å². The van der Waals surface area contributed by atoms with Crippen molar-refractivity contribution in [2.45, 2.75) is 4.90 Å².